The molecule has 0 spiro atoms. The van der Waals surface area contributed by atoms with Crippen LogP contribution >= 0.6 is 11.8 Å². The predicted molar refractivity (Wildman–Crippen MR) is 94.6 cm³/mol. The number of fused-ring (bicyclic) bond motifs is 1. The zero-order valence-corrected chi connectivity index (χ0v) is 15.6. The summed E-state index contributed by atoms with van der Waals surface area (Å²) in [6.07, 6.45) is 0. The van der Waals surface area contributed by atoms with Gasteiger partial charge in [0, 0.05) is 16.7 Å². The molecule has 3 rings (SSSR count). The van der Waals surface area contributed by atoms with Gasteiger partial charge in [0.25, 0.3) is 5.91 Å². The van der Waals surface area contributed by atoms with Crippen molar-refractivity contribution in [3.05, 3.63) is 29.8 Å². The topological polar surface area (TPSA) is 66.8 Å². The fourth-order valence-corrected chi connectivity index (χ4v) is 6.68. The second-order valence-corrected chi connectivity index (χ2v) is 10.6. The van der Waals surface area contributed by atoms with Crippen LogP contribution in [0.2, 0.25) is 0 Å². The number of sulfone groups is 1. The average molecular weight is 388 g/mol. The SMILES string of the molecule is CC(C)(C)C(=O)N=C1S[C@@H]2CS(=O)(=O)C[C@H]2N1c1ccc(F)cc1F. The van der Waals surface area contributed by atoms with Gasteiger partial charge in [-0.2, -0.15) is 4.99 Å². The molecule has 0 N–H and O–H groups in total. The van der Waals surface area contributed by atoms with Crippen LogP contribution in [0.4, 0.5) is 14.5 Å². The summed E-state index contributed by atoms with van der Waals surface area (Å²) in [6.45, 7) is 5.15. The van der Waals surface area contributed by atoms with E-state index >= 15 is 0 Å². The second-order valence-electron chi connectivity index (χ2n) is 7.22. The molecule has 2 saturated heterocycles. The van der Waals surface area contributed by atoms with Crippen molar-refractivity contribution in [1.29, 1.82) is 0 Å². The number of carbonyl (C=O) groups excluding carboxylic acids is 1. The largest absolute Gasteiger partial charge is 0.313 e. The number of amidine groups is 1. The summed E-state index contributed by atoms with van der Waals surface area (Å²) < 4.78 is 51.5. The predicted octanol–water partition coefficient (Wildman–Crippen LogP) is 2.61. The Bertz CT molecular complexity index is 863. The number of amides is 1. The Balaban J connectivity index is 2.07. The first kappa shape index (κ1) is 18.3. The molecular formula is C16H18F2N2O3S2. The fraction of sp³-hybridized carbons (Fsp3) is 0.500. The quantitative estimate of drug-likeness (QED) is 0.740. The summed E-state index contributed by atoms with van der Waals surface area (Å²) in [5.41, 5.74) is -0.691. The molecule has 2 fully saturated rings. The van der Waals surface area contributed by atoms with Gasteiger partial charge >= 0.3 is 0 Å². The van der Waals surface area contributed by atoms with Crippen LogP contribution in [0.3, 0.4) is 0 Å². The maximum absolute atomic E-state index is 14.3. The number of carbonyl (C=O) groups is 1. The van der Waals surface area contributed by atoms with Crippen LogP contribution in [0.15, 0.2) is 23.2 Å². The van der Waals surface area contributed by atoms with Crippen molar-refractivity contribution in [3.8, 4) is 0 Å². The Labute approximate surface area is 149 Å². The average Bonchev–Trinajstić information content (AvgIpc) is 2.90. The number of thioether (sulfide) groups is 1. The van der Waals surface area contributed by atoms with E-state index in [0.29, 0.717) is 0 Å². The lowest BCUT2D eigenvalue weighted by molar-refractivity contribution is -0.124. The monoisotopic (exact) mass is 388 g/mol. The van der Waals surface area contributed by atoms with Gasteiger partial charge < -0.3 is 4.90 Å². The molecule has 136 valence electrons. The van der Waals surface area contributed by atoms with Gasteiger partial charge in [0.2, 0.25) is 0 Å². The number of hydrogen-bond donors (Lipinski definition) is 0. The Kier molecular flexibility index (Phi) is 4.43. The number of hydrogen-bond acceptors (Lipinski definition) is 4. The Morgan fingerprint density at radius 2 is 1.96 bits per heavy atom. The third-order valence-corrected chi connectivity index (χ3v) is 7.28. The highest BCUT2D eigenvalue weighted by atomic mass is 32.2. The standard InChI is InChI=1S/C16H18F2N2O3S2/c1-16(2,3)14(21)19-15-20(11-5-4-9(17)6-10(11)18)12-7-25(22,23)8-13(12)24-15/h4-6,12-13H,7-8H2,1-3H3/t12-,13-/m1/s1. The number of rotatable bonds is 1. The normalized spacial score (nSPS) is 26.9. The summed E-state index contributed by atoms with van der Waals surface area (Å²) >= 11 is 1.16. The maximum atomic E-state index is 14.3. The molecule has 25 heavy (non-hydrogen) atoms. The summed E-state index contributed by atoms with van der Waals surface area (Å²) in [5, 5.41) is -0.0729. The molecular weight excluding hydrogens is 370 g/mol. The zero-order valence-electron chi connectivity index (χ0n) is 14.0. The summed E-state index contributed by atoms with van der Waals surface area (Å²) in [5.74, 6) is -2.13. The summed E-state index contributed by atoms with van der Waals surface area (Å²) in [6, 6.07) is 2.56. The minimum absolute atomic E-state index is 0.0268. The molecule has 2 aliphatic rings. The van der Waals surface area contributed by atoms with Gasteiger partial charge in [0.15, 0.2) is 15.0 Å². The lowest BCUT2D eigenvalue weighted by Gasteiger charge is -2.25. The van der Waals surface area contributed by atoms with E-state index < -0.39 is 32.9 Å². The van der Waals surface area contributed by atoms with Gasteiger partial charge in [-0.1, -0.05) is 32.5 Å². The minimum Gasteiger partial charge on any atom is -0.313 e. The molecule has 1 amide bonds. The summed E-state index contributed by atoms with van der Waals surface area (Å²) in [7, 11) is -3.25. The van der Waals surface area contributed by atoms with E-state index in [9.17, 15) is 22.0 Å². The van der Waals surface area contributed by atoms with E-state index in [-0.39, 0.29) is 33.5 Å². The van der Waals surface area contributed by atoms with Crippen molar-refractivity contribution in [2.24, 2.45) is 10.4 Å². The Hall–Kier alpha value is -1.48. The molecule has 0 bridgehead atoms. The van der Waals surface area contributed by atoms with Crippen LogP contribution in [0.1, 0.15) is 20.8 Å². The van der Waals surface area contributed by atoms with Gasteiger partial charge in [-0.3, -0.25) is 4.79 Å². The molecule has 0 unspecified atom stereocenters. The van der Waals surface area contributed by atoms with Crippen molar-refractivity contribution >= 4 is 38.4 Å². The highest BCUT2D eigenvalue weighted by Gasteiger charge is 2.50. The fourth-order valence-electron chi connectivity index (χ4n) is 2.78. The molecule has 2 aliphatic heterocycles. The van der Waals surface area contributed by atoms with Gasteiger partial charge in [0.05, 0.1) is 23.2 Å². The second kappa shape index (κ2) is 6.05. The molecule has 9 heteroatoms. The van der Waals surface area contributed by atoms with Crippen LogP contribution < -0.4 is 4.90 Å². The van der Waals surface area contributed by atoms with Crippen LogP contribution in [0.5, 0.6) is 0 Å². The van der Waals surface area contributed by atoms with E-state index in [4.69, 9.17) is 0 Å². The number of anilines is 1. The van der Waals surface area contributed by atoms with Crippen molar-refractivity contribution in [2.45, 2.75) is 32.1 Å². The molecule has 0 aliphatic carbocycles. The van der Waals surface area contributed by atoms with Crippen molar-refractivity contribution in [2.75, 3.05) is 16.4 Å². The molecule has 0 aromatic heterocycles. The van der Waals surface area contributed by atoms with Gasteiger partial charge in [-0.05, 0) is 12.1 Å². The third kappa shape index (κ3) is 3.57. The van der Waals surface area contributed by atoms with Crippen molar-refractivity contribution in [1.82, 2.24) is 0 Å². The molecule has 5 nitrogen and oxygen atoms in total. The molecule has 1 aromatic rings. The van der Waals surface area contributed by atoms with Crippen LogP contribution in [0, 0.1) is 17.0 Å². The lowest BCUT2D eigenvalue weighted by Crippen LogP contribution is -2.38. The van der Waals surface area contributed by atoms with Crippen molar-refractivity contribution < 1.29 is 22.0 Å². The van der Waals surface area contributed by atoms with E-state index in [2.05, 4.69) is 4.99 Å². The highest BCUT2D eigenvalue weighted by molar-refractivity contribution is 8.16. The molecule has 2 heterocycles. The van der Waals surface area contributed by atoms with Crippen LogP contribution in [0.25, 0.3) is 0 Å². The van der Waals surface area contributed by atoms with Crippen molar-refractivity contribution in [3.63, 3.8) is 0 Å². The smallest absolute Gasteiger partial charge is 0.253 e. The third-order valence-electron chi connectivity index (χ3n) is 4.07. The molecule has 0 radical (unpaired) electrons. The van der Waals surface area contributed by atoms with Gasteiger partial charge in [-0.15, -0.1) is 0 Å². The number of benzene rings is 1. The highest BCUT2D eigenvalue weighted by Crippen LogP contribution is 2.42. The van der Waals surface area contributed by atoms with Gasteiger partial charge in [0.1, 0.15) is 11.6 Å². The van der Waals surface area contributed by atoms with Crippen LogP contribution in [-0.2, 0) is 14.6 Å². The number of halogens is 2. The summed E-state index contributed by atoms with van der Waals surface area (Å²) in [4.78, 5) is 17.8. The number of nitrogens with zero attached hydrogens (tertiary/aromatic N) is 2. The maximum Gasteiger partial charge on any atom is 0.253 e. The lowest BCUT2D eigenvalue weighted by atomic mass is 9.96. The van der Waals surface area contributed by atoms with E-state index in [1.54, 1.807) is 20.8 Å². The first-order valence-corrected chi connectivity index (χ1v) is 10.4. The first-order valence-electron chi connectivity index (χ1n) is 7.72. The van der Waals surface area contributed by atoms with Crippen LogP contribution in [-0.4, -0.2) is 42.3 Å². The van der Waals surface area contributed by atoms with E-state index in [1.165, 1.54) is 11.0 Å². The Morgan fingerprint density at radius 1 is 1.28 bits per heavy atom. The van der Waals surface area contributed by atoms with E-state index in [0.717, 1.165) is 23.9 Å². The Morgan fingerprint density at radius 3 is 2.56 bits per heavy atom. The minimum atomic E-state index is -3.25. The van der Waals surface area contributed by atoms with Gasteiger partial charge in [-0.25, -0.2) is 17.2 Å². The zero-order chi connectivity index (χ0) is 18.6. The first-order chi connectivity index (χ1) is 11.5. The molecule has 0 saturated carbocycles. The molecule has 2 atom stereocenters. The molecule has 1 aromatic carbocycles. The van der Waals surface area contributed by atoms with E-state index in [1.807, 2.05) is 0 Å². The number of aliphatic imine (C=N–C) groups is 1.